The van der Waals surface area contributed by atoms with E-state index in [-0.39, 0.29) is 5.22 Å². The second-order valence-electron chi connectivity index (χ2n) is 6.48. The summed E-state index contributed by atoms with van der Waals surface area (Å²) in [5.74, 6) is 1.39. The Hall–Kier alpha value is -3.01. The number of aryl methyl sites for hydroxylation is 1. The van der Waals surface area contributed by atoms with E-state index >= 15 is 0 Å². The summed E-state index contributed by atoms with van der Waals surface area (Å²) < 4.78 is 13.9. The molecule has 0 atom stereocenters. The van der Waals surface area contributed by atoms with Crippen LogP contribution in [0.4, 0.5) is 0 Å². The Kier molecular flexibility index (Phi) is 3.61. The van der Waals surface area contributed by atoms with E-state index in [4.69, 9.17) is 26.0 Å². The Bertz CT molecular complexity index is 1140. The maximum Gasteiger partial charge on any atom is 0.226 e. The van der Waals surface area contributed by atoms with Crippen LogP contribution in [0.1, 0.15) is 30.7 Å². The predicted octanol–water partition coefficient (Wildman–Crippen LogP) is 2.50. The van der Waals surface area contributed by atoms with Gasteiger partial charge in [0.2, 0.25) is 16.7 Å². The number of aromatic nitrogens is 8. The Balaban J connectivity index is 1.81. The van der Waals surface area contributed by atoms with E-state index in [0.29, 0.717) is 40.2 Å². The highest BCUT2D eigenvalue weighted by Crippen LogP contribution is 2.46. The van der Waals surface area contributed by atoms with E-state index in [9.17, 15) is 0 Å². The first-order chi connectivity index (χ1) is 13.2. The van der Waals surface area contributed by atoms with Crippen LogP contribution in [-0.2, 0) is 7.05 Å². The van der Waals surface area contributed by atoms with Crippen molar-refractivity contribution in [1.29, 1.82) is 0 Å². The highest BCUT2D eigenvalue weighted by atomic mass is 35.5. The molecule has 1 aliphatic carbocycles. The van der Waals surface area contributed by atoms with Crippen LogP contribution in [-0.4, -0.2) is 47.1 Å². The molecule has 0 amide bonds. The molecule has 1 fully saturated rings. The quantitative estimate of drug-likeness (QED) is 0.526. The van der Waals surface area contributed by atoms with Gasteiger partial charge in [0, 0.05) is 18.7 Å². The monoisotopic (exact) mass is 386 g/mol. The highest BCUT2D eigenvalue weighted by molar-refractivity contribution is 6.29. The molecule has 10 nitrogen and oxygen atoms in total. The van der Waals surface area contributed by atoms with Gasteiger partial charge in [-0.25, -0.2) is 0 Å². The van der Waals surface area contributed by atoms with E-state index < -0.39 is 0 Å². The van der Waals surface area contributed by atoms with Crippen LogP contribution < -0.4 is 4.74 Å². The lowest BCUT2D eigenvalue weighted by Crippen LogP contribution is -2.15. The standard InChI is InChI=1S/C16H15ClN8O2/c1-24-7-10(18-23-24)13-12(8-4-3-5-8)14(26-2)16-20-19-15(25(16)21-13)9-6-11(17)27-22-9/h6-8H,3-5H2,1-2H3. The summed E-state index contributed by atoms with van der Waals surface area (Å²) >= 11 is 5.86. The molecule has 1 saturated carbocycles. The van der Waals surface area contributed by atoms with E-state index in [1.54, 1.807) is 22.4 Å². The van der Waals surface area contributed by atoms with Gasteiger partial charge in [0.05, 0.1) is 13.3 Å². The second kappa shape index (κ2) is 6.02. The minimum atomic E-state index is 0.161. The summed E-state index contributed by atoms with van der Waals surface area (Å²) in [5, 5.41) is 25.6. The van der Waals surface area contributed by atoms with Gasteiger partial charge in [-0.15, -0.1) is 15.3 Å². The van der Waals surface area contributed by atoms with Gasteiger partial charge in [-0.2, -0.15) is 9.61 Å². The molecule has 0 N–H and O–H groups in total. The summed E-state index contributed by atoms with van der Waals surface area (Å²) in [6, 6.07) is 1.56. The molecule has 11 heteroatoms. The van der Waals surface area contributed by atoms with Crippen LogP contribution in [0.5, 0.6) is 5.75 Å². The largest absolute Gasteiger partial charge is 0.492 e. The lowest BCUT2D eigenvalue weighted by atomic mass is 9.78. The average Bonchev–Trinajstić information content (AvgIpc) is 3.32. The van der Waals surface area contributed by atoms with Crippen molar-refractivity contribution in [1.82, 2.24) is 40.0 Å². The molecule has 0 bridgehead atoms. The molecule has 4 heterocycles. The predicted molar refractivity (Wildman–Crippen MR) is 94.4 cm³/mol. The minimum absolute atomic E-state index is 0.161. The Labute approximate surface area is 158 Å². The second-order valence-corrected chi connectivity index (χ2v) is 6.85. The Morgan fingerprint density at radius 2 is 2.07 bits per heavy atom. The first kappa shape index (κ1) is 16.2. The van der Waals surface area contributed by atoms with Crippen molar-refractivity contribution in [3.8, 4) is 28.7 Å². The molecule has 0 unspecified atom stereocenters. The maximum absolute atomic E-state index is 5.86. The third kappa shape index (κ3) is 2.47. The molecule has 138 valence electrons. The van der Waals surface area contributed by atoms with Crippen molar-refractivity contribution in [2.45, 2.75) is 25.2 Å². The molecule has 0 aromatic carbocycles. The Morgan fingerprint density at radius 1 is 1.22 bits per heavy atom. The fraction of sp³-hybridized carbons (Fsp3) is 0.375. The number of hydrogen-bond donors (Lipinski definition) is 0. The zero-order valence-electron chi connectivity index (χ0n) is 14.6. The van der Waals surface area contributed by atoms with E-state index in [1.165, 1.54) is 6.42 Å². The topological polar surface area (TPSA) is 109 Å². The molecule has 27 heavy (non-hydrogen) atoms. The number of rotatable bonds is 4. The molecular formula is C16H15ClN8O2. The summed E-state index contributed by atoms with van der Waals surface area (Å²) in [5.41, 5.74) is 3.31. The number of halogens is 1. The third-order valence-corrected chi connectivity index (χ3v) is 4.99. The minimum Gasteiger partial charge on any atom is -0.492 e. The lowest BCUT2D eigenvalue weighted by molar-refractivity contribution is 0.373. The maximum atomic E-state index is 5.86. The molecule has 0 aliphatic heterocycles. The number of methoxy groups -OCH3 is 1. The summed E-state index contributed by atoms with van der Waals surface area (Å²) in [7, 11) is 3.44. The smallest absolute Gasteiger partial charge is 0.226 e. The van der Waals surface area contributed by atoms with E-state index in [2.05, 4.69) is 25.7 Å². The zero-order chi connectivity index (χ0) is 18.5. The Morgan fingerprint density at radius 3 is 2.67 bits per heavy atom. The highest BCUT2D eigenvalue weighted by Gasteiger charge is 2.32. The number of ether oxygens (including phenoxy) is 1. The van der Waals surface area contributed by atoms with Crippen molar-refractivity contribution in [3.63, 3.8) is 0 Å². The van der Waals surface area contributed by atoms with Gasteiger partial charge < -0.3 is 9.26 Å². The molecule has 0 saturated heterocycles. The molecule has 5 rings (SSSR count). The van der Waals surface area contributed by atoms with Gasteiger partial charge in [0.25, 0.3) is 0 Å². The van der Waals surface area contributed by atoms with Crippen LogP contribution in [0.15, 0.2) is 16.8 Å². The average molecular weight is 387 g/mol. The number of fused-ring (bicyclic) bond motifs is 1. The van der Waals surface area contributed by atoms with Crippen LogP contribution in [0.3, 0.4) is 0 Å². The SMILES string of the molecule is COc1c(C2CCC2)c(-c2cn(C)nn2)nn2c(-c3cc(Cl)on3)nnc12. The lowest BCUT2D eigenvalue weighted by Gasteiger charge is -2.28. The fourth-order valence-corrected chi connectivity index (χ4v) is 3.48. The molecule has 0 radical (unpaired) electrons. The van der Waals surface area contributed by atoms with Crippen molar-refractivity contribution in [2.24, 2.45) is 7.05 Å². The van der Waals surface area contributed by atoms with Crippen molar-refractivity contribution < 1.29 is 9.26 Å². The van der Waals surface area contributed by atoms with Crippen LogP contribution >= 0.6 is 11.6 Å². The fourth-order valence-electron chi connectivity index (χ4n) is 3.34. The van der Waals surface area contributed by atoms with Crippen molar-refractivity contribution >= 4 is 17.2 Å². The van der Waals surface area contributed by atoms with Gasteiger partial charge in [-0.1, -0.05) is 16.8 Å². The van der Waals surface area contributed by atoms with Crippen molar-refractivity contribution in [2.75, 3.05) is 7.11 Å². The molecule has 4 aromatic heterocycles. The molecule has 1 aliphatic rings. The van der Waals surface area contributed by atoms with Crippen LogP contribution in [0.25, 0.3) is 28.6 Å². The first-order valence-corrected chi connectivity index (χ1v) is 8.86. The first-order valence-electron chi connectivity index (χ1n) is 8.48. The van der Waals surface area contributed by atoms with Gasteiger partial charge in [-0.05, 0) is 30.4 Å². The number of hydrogen-bond acceptors (Lipinski definition) is 8. The molecule has 0 spiro atoms. The number of nitrogens with zero attached hydrogens (tertiary/aromatic N) is 8. The van der Waals surface area contributed by atoms with Gasteiger partial charge >= 0.3 is 0 Å². The van der Waals surface area contributed by atoms with Gasteiger partial charge in [0.1, 0.15) is 11.4 Å². The third-order valence-electron chi connectivity index (χ3n) is 4.82. The van der Waals surface area contributed by atoms with E-state index in [1.807, 2.05) is 13.2 Å². The van der Waals surface area contributed by atoms with Crippen LogP contribution in [0, 0.1) is 0 Å². The van der Waals surface area contributed by atoms with Gasteiger partial charge in [0.15, 0.2) is 11.4 Å². The molecule has 4 aromatic rings. The molecular weight excluding hydrogens is 372 g/mol. The summed E-state index contributed by atoms with van der Waals surface area (Å²) in [4.78, 5) is 0. The summed E-state index contributed by atoms with van der Waals surface area (Å²) in [6.07, 6.45) is 5.14. The van der Waals surface area contributed by atoms with Gasteiger partial charge in [-0.3, -0.25) is 4.68 Å². The zero-order valence-corrected chi connectivity index (χ0v) is 15.4. The summed E-state index contributed by atoms with van der Waals surface area (Å²) in [6.45, 7) is 0. The normalized spacial score (nSPS) is 14.6. The van der Waals surface area contributed by atoms with Crippen molar-refractivity contribution in [3.05, 3.63) is 23.0 Å². The van der Waals surface area contributed by atoms with Crippen LogP contribution in [0.2, 0.25) is 5.22 Å². The van der Waals surface area contributed by atoms with E-state index in [0.717, 1.165) is 18.4 Å².